The maximum Gasteiger partial charge on any atom is 0.318 e. The molecule has 1 fully saturated rings. The molecule has 0 radical (unpaired) electrons. The molecule has 1 rings (SSSR count). The van der Waals surface area contributed by atoms with Crippen molar-refractivity contribution < 1.29 is 24.5 Å². The highest BCUT2D eigenvalue weighted by atomic mass is 32.2. The molecule has 1 atom stereocenters. The van der Waals surface area contributed by atoms with Crippen LogP contribution in [0.4, 0.5) is 0 Å². The molecule has 86 valence electrons. The molecule has 1 unspecified atom stereocenters. The molecule has 1 heterocycles. The Morgan fingerprint density at radius 3 is 2.33 bits per heavy atom. The molecule has 0 aliphatic carbocycles. The van der Waals surface area contributed by atoms with Gasteiger partial charge in [0, 0.05) is 6.61 Å². The molecule has 0 aromatic rings. The van der Waals surface area contributed by atoms with E-state index in [-0.39, 0.29) is 18.5 Å². The second-order valence-electron chi connectivity index (χ2n) is 3.13. The summed E-state index contributed by atoms with van der Waals surface area (Å²) >= 11 is 1.16. The van der Waals surface area contributed by atoms with Gasteiger partial charge in [0.1, 0.15) is 18.5 Å². The standard InChI is InChI=1S/C8H13NO5S/c10-6(11)4-9(5-7(12)13)15-8-2-1-3-14-8/h8H,1-5H2,(H,10,11)(H,12,13). The molecular weight excluding hydrogens is 222 g/mol. The minimum absolute atomic E-state index is 0.108. The Hall–Kier alpha value is -0.790. The highest BCUT2D eigenvalue weighted by Gasteiger charge is 2.22. The molecule has 0 amide bonds. The predicted molar refractivity (Wildman–Crippen MR) is 53.4 cm³/mol. The number of nitrogens with zero attached hydrogens (tertiary/aromatic N) is 1. The number of carboxylic acid groups (broad SMARTS) is 2. The van der Waals surface area contributed by atoms with Gasteiger partial charge in [-0.15, -0.1) is 0 Å². The molecule has 1 aliphatic rings. The van der Waals surface area contributed by atoms with E-state index in [1.54, 1.807) is 0 Å². The number of hydrogen-bond acceptors (Lipinski definition) is 5. The third kappa shape index (κ3) is 5.01. The fraction of sp³-hybridized carbons (Fsp3) is 0.750. The average molecular weight is 235 g/mol. The Morgan fingerprint density at radius 1 is 1.33 bits per heavy atom. The Morgan fingerprint density at radius 2 is 1.93 bits per heavy atom. The maximum absolute atomic E-state index is 10.5. The SMILES string of the molecule is O=C(O)CN(CC(=O)O)SC1CCCO1. The van der Waals surface area contributed by atoms with Crippen LogP contribution in [0.1, 0.15) is 12.8 Å². The maximum atomic E-state index is 10.5. The summed E-state index contributed by atoms with van der Waals surface area (Å²) in [6, 6.07) is 0. The average Bonchev–Trinajstić information content (AvgIpc) is 2.53. The number of carbonyl (C=O) groups is 2. The molecule has 0 aromatic heterocycles. The summed E-state index contributed by atoms with van der Waals surface area (Å²) in [5.41, 5.74) is -0.108. The van der Waals surface area contributed by atoms with Crippen molar-refractivity contribution in [2.45, 2.75) is 18.3 Å². The highest BCUT2D eigenvalue weighted by molar-refractivity contribution is 7.97. The third-order valence-electron chi connectivity index (χ3n) is 1.78. The smallest absolute Gasteiger partial charge is 0.318 e. The van der Waals surface area contributed by atoms with Gasteiger partial charge in [0.2, 0.25) is 0 Å². The topological polar surface area (TPSA) is 87.1 Å². The Kier molecular flexibility index (Phi) is 4.86. The summed E-state index contributed by atoms with van der Waals surface area (Å²) in [7, 11) is 0. The van der Waals surface area contributed by atoms with E-state index < -0.39 is 11.9 Å². The summed E-state index contributed by atoms with van der Waals surface area (Å²) in [5, 5.41) is 17.2. The van der Waals surface area contributed by atoms with Crippen LogP contribution < -0.4 is 0 Å². The largest absolute Gasteiger partial charge is 0.480 e. The van der Waals surface area contributed by atoms with Crippen LogP contribution in [0.15, 0.2) is 0 Å². The molecule has 1 aliphatic heterocycles. The first kappa shape index (κ1) is 12.3. The van der Waals surface area contributed by atoms with Crippen LogP contribution in [0, 0.1) is 0 Å². The van der Waals surface area contributed by atoms with Crippen molar-refractivity contribution in [1.82, 2.24) is 4.31 Å². The van der Waals surface area contributed by atoms with Crippen molar-refractivity contribution in [3.8, 4) is 0 Å². The van der Waals surface area contributed by atoms with Crippen molar-refractivity contribution >= 4 is 23.9 Å². The first-order valence-electron chi connectivity index (χ1n) is 4.55. The molecule has 0 bridgehead atoms. The van der Waals surface area contributed by atoms with Crippen LogP contribution >= 0.6 is 11.9 Å². The van der Waals surface area contributed by atoms with Crippen molar-refractivity contribution in [3.63, 3.8) is 0 Å². The summed E-state index contributed by atoms with van der Waals surface area (Å²) < 4.78 is 6.57. The first-order chi connectivity index (χ1) is 7.08. The number of carboxylic acids is 2. The van der Waals surface area contributed by atoms with Crippen molar-refractivity contribution in [2.24, 2.45) is 0 Å². The van der Waals surface area contributed by atoms with Crippen LogP contribution in [0.25, 0.3) is 0 Å². The van der Waals surface area contributed by atoms with Gasteiger partial charge in [-0.1, -0.05) is 0 Å². The van der Waals surface area contributed by atoms with Gasteiger partial charge in [0.25, 0.3) is 0 Å². The lowest BCUT2D eigenvalue weighted by Gasteiger charge is -2.19. The minimum atomic E-state index is -1.04. The van der Waals surface area contributed by atoms with Gasteiger partial charge in [0.05, 0.1) is 0 Å². The minimum Gasteiger partial charge on any atom is -0.480 e. The second kappa shape index (κ2) is 5.94. The fourth-order valence-electron chi connectivity index (χ4n) is 1.23. The van der Waals surface area contributed by atoms with E-state index in [1.807, 2.05) is 0 Å². The quantitative estimate of drug-likeness (QED) is 0.638. The van der Waals surface area contributed by atoms with E-state index in [1.165, 1.54) is 4.31 Å². The van der Waals surface area contributed by atoms with Crippen LogP contribution in [0.2, 0.25) is 0 Å². The zero-order valence-corrected chi connectivity index (χ0v) is 8.90. The molecule has 6 nitrogen and oxygen atoms in total. The molecule has 15 heavy (non-hydrogen) atoms. The predicted octanol–water partition coefficient (Wildman–Crippen LogP) is 0.242. The van der Waals surface area contributed by atoms with E-state index in [2.05, 4.69) is 0 Å². The molecule has 0 aromatic carbocycles. The van der Waals surface area contributed by atoms with Crippen molar-refractivity contribution in [1.29, 1.82) is 0 Å². The zero-order valence-electron chi connectivity index (χ0n) is 8.09. The number of ether oxygens (including phenoxy) is 1. The van der Waals surface area contributed by atoms with Crippen LogP contribution in [0.5, 0.6) is 0 Å². The molecule has 2 N–H and O–H groups in total. The van der Waals surface area contributed by atoms with E-state index >= 15 is 0 Å². The Balaban J connectivity index is 2.39. The monoisotopic (exact) mass is 235 g/mol. The van der Waals surface area contributed by atoms with Gasteiger partial charge in [-0.25, -0.2) is 4.31 Å². The van der Waals surface area contributed by atoms with Crippen LogP contribution in [-0.2, 0) is 14.3 Å². The van der Waals surface area contributed by atoms with Gasteiger partial charge in [-0.3, -0.25) is 9.59 Å². The summed E-state index contributed by atoms with van der Waals surface area (Å²) in [6.07, 6.45) is 1.77. The number of aliphatic carboxylic acids is 2. The lowest BCUT2D eigenvalue weighted by molar-refractivity contribution is -0.139. The van der Waals surface area contributed by atoms with Gasteiger partial charge in [-0.2, -0.15) is 0 Å². The van der Waals surface area contributed by atoms with Crippen LogP contribution in [0.3, 0.4) is 0 Å². The summed E-state index contributed by atoms with van der Waals surface area (Å²) in [5.74, 6) is -2.08. The molecule has 7 heteroatoms. The molecule has 1 saturated heterocycles. The van der Waals surface area contributed by atoms with E-state index in [0.29, 0.717) is 6.61 Å². The summed E-state index contributed by atoms with van der Waals surface area (Å²) in [6.45, 7) is 0.0688. The highest BCUT2D eigenvalue weighted by Crippen LogP contribution is 2.26. The lowest BCUT2D eigenvalue weighted by atomic mass is 10.4. The van der Waals surface area contributed by atoms with Gasteiger partial charge in [-0.05, 0) is 24.8 Å². The number of rotatable bonds is 6. The van der Waals surface area contributed by atoms with Gasteiger partial charge in [0.15, 0.2) is 0 Å². The zero-order chi connectivity index (χ0) is 11.3. The van der Waals surface area contributed by atoms with Crippen molar-refractivity contribution in [2.75, 3.05) is 19.7 Å². The molecular formula is C8H13NO5S. The Bertz CT molecular complexity index is 225. The van der Waals surface area contributed by atoms with E-state index in [0.717, 1.165) is 24.8 Å². The van der Waals surface area contributed by atoms with Gasteiger partial charge < -0.3 is 14.9 Å². The normalized spacial score (nSPS) is 20.7. The Labute approximate surface area is 91.3 Å². The number of hydrogen-bond donors (Lipinski definition) is 2. The summed E-state index contributed by atoms with van der Waals surface area (Å²) in [4.78, 5) is 21.0. The van der Waals surface area contributed by atoms with E-state index in [4.69, 9.17) is 14.9 Å². The molecule has 0 saturated carbocycles. The van der Waals surface area contributed by atoms with Crippen molar-refractivity contribution in [3.05, 3.63) is 0 Å². The van der Waals surface area contributed by atoms with Crippen LogP contribution in [-0.4, -0.2) is 51.6 Å². The fourth-order valence-corrected chi connectivity index (χ4v) is 2.36. The lowest BCUT2D eigenvalue weighted by Crippen LogP contribution is -2.30. The van der Waals surface area contributed by atoms with Gasteiger partial charge >= 0.3 is 11.9 Å². The van der Waals surface area contributed by atoms with E-state index in [9.17, 15) is 9.59 Å². The third-order valence-corrected chi connectivity index (χ3v) is 2.94. The first-order valence-corrected chi connectivity index (χ1v) is 5.38. The second-order valence-corrected chi connectivity index (χ2v) is 4.39. The molecule has 0 spiro atoms.